The molecular formula is C15H14N4O2. The Morgan fingerprint density at radius 1 is 1.29 bits per heavy atom. The molecule has 0 aliphatic carbocycles. The summed E-state index contributed by atoms with van der Waals surface area (Å²) in [7, 11) is 3.38. The Labute approximate surface area is 121 Å². The summed E-state index contributed by atoms with van der Waals surface area (Å²) in [4.78, 5) is 22.0. The second-order valence-electron chi connectivity index (χ2n) is 4.89. The second-order valence-corrected chi connectivity index (χ2v) is 4.89. The van der Waals surface area contributed by atoms with Crippen LogP contribution < -0.4 is 5.73 Å². The van der Waals surface area contributed by atoms with Gasteiger partial charge in [-0.1, -0.05) is 0 Å². The molecule has 0 unspecified atom stereocenters. The van der Waals surface area contributed by atoms with Gasteiger partial charge in [-0.05, 0) is 30.3 Å². The van der Waals surface area contributed by atoms with Crippen LogP contribution in [0.25, 0.3) is 22.7 Å². The number of benzene rings is 1. The second kappa shape index (κ2) is 4.90. The smallest absolute Gasteiger partial charge is 0.253 e. The van der Waals surface area contributed by atoms with Crippen LogP contribution in [-0.2, 0) is 0 Å². The van der Waals surface area contributed by atoms with Crippen molar-refractivity contribution in [3.05, 3.63) is 42.1 Å². The molecule has 0 radical (unpaired) electrons. The molecule has 0 atom stereocenters. The minimum atomic E-state index is -0.127. The highest BCUT2D eigenvalue weighted by molar-refractivity contribution is 5.96. The topological polar surface area (TPSA) is 85.2 Å². The van der Waals surface area contributed by atoms with Crippen molar-refractivity contribution in [1.29, 1.82) is 0 Å². The number of nitrogen functional groups attached to an aromatic ring is 1. The largest absolute Gasteiger partial charge is 0.434 e. The minimum absolute atomic E-state index is 0.127. The van der Waals surface area contributed by atoms with Crippen LogP contribution in [0.3, 0.4) is 0 Å². The zero-order valence-electron chi connectivity index (χ0n) is 11.7. The van der Waals surface area contributed by atoms with Gasteiger partial charge in [0.15, 0.2) is 11.2 Å². The first-order chi connectivity index (χ1) is 10.0. The lowest BCUT2D eigenvalue weighted by Crippen LogP contribution is -2.21. The summed E-state index contributed by atoms with van der Waals surface area (Å²) in [5.41, 5.74) is 8.61. The van der Waals surface area contributed by atoms with E-state index in [4.69, 9.17) is 10.2 Å². The Bertz CT molecular complexity index is 790. The van der Waals surface area contributed by atoms with Gasteiger partial charge in [-0.2, -0.15) is 4.98 Å². The highest BCUT2D eigenvalue weighted by atomic mass is 16.3. The Balaban J connectivity index is 2.11. The number of pyridine rings is 1. The number of fused-ring (bicyclic) bond motifs is 1. The summed E-state index contributed by atoms with van der Waals surface area (Å²) in [6.07, 6.45) is 1.65. The number of nitrogens with zero attached hydrogens (tertiary/aromatic N) is 3. The van der Waals surface area contributed by atoms with Gasteiger partial charge in [0.1, 0.15) is 0 Å². The fraction of sp³-hybridized carbons (Fsp3) is 0.133. The number of hydrogen-bond donors (Lipinski definition) is 1. The molecule has 2 heterocycles. The fourth-order valence-corrected chi connectivity index (χ4v) is 2.05. The summed E-state index contributed by atoms with van der Waals surface area (Å²) >= 11 is 0. The molecule has 3 aromatic rings. The van der Waals surface area contributed by atoms with Crippen molar-refractivity contribution in [1.82, 2.24) is 14.9 Å². The van der Waals surface area contributed by atoms with Crippen molar-refractivity contribution in [2.75, 3.05) is 19.8 Å². The van der Waals surface area contributed by atoms with Crippen molar-refractivity contribution < 1.29 is 9.21 Å². The Morgan fingerprint density at radius 2 is 2.10 bits per heavy atom. The normalized spacial score (nSPS) is 10.8. The highest BCUT2D eigenvalue weighted by Gasteiger charge is 2.14. The monoisotopic (exact) mass is 282 g/mol. The number of rotatable bonds is 2. The highest BCUT2D eigenvalue weighted by Crippen LogP contribution is 2.26. The van der Waals surface area contributed by atoms with Gasteiger partial charge in [-0.3, -0.25) is 4.79 Å². The van der Waals surface area contributed by atoms with Gasteiger partial charge in [-0.15, -0.1) is 0 Å². The van der Waals surface area contributed by atoms with Crippen molar-refractivity contribution in [2.45, 2.75) is 0 Å². The predicted octanol–water partition coefficient (Wildman–Crippen LogP) is 2.17. The third-order valence-electron chi connectivity index (χ3n) is 3.02. The number of hydrogen-bond acceptors (Lipinski definition) is 5. The van der Waals surface area contributed by atoms with E-state index < -0.39 is 0 Å². The van der Waals surface area contributed by atoms with Crippen molar-refractivity contribution in [2.24, 2.45) is 0 Å². The molecule has 2 N–H and O–H groups in total. The van der Waals surface area contributed by atoms with Crippen molar-refractivity contribution in [3.8, 4) is 11.5 Å². The number of anilines is 1. The van der Waals surface area contributed by atoms with Gasteiger partial charge in [-0.25, -0.2) is 4.98 Å². The average molecular weight is 282 g/mol. The van der Waals surface area contributed by atoms with Gasteiger partial charge in [0, 0.05) is 37.1 Å². The van der Waals surface area contributed by atoms with Crippen molar-refractivity contribution >= 4 is 22.8 Å². The number of nitrogens with two attached hydrogens (primary N) is 1. The third kappa shape index (κ3) is 2.43. The van der Waals surface area contributed by atoms with E-state index in [9.17, 15) is 4.79 Å². The first-order valence-electron chi connectivity index (χ1n) is 6.39. The Morgan fingerprint density at radius 3 is 2.81 bits per heavy atom. The summed E-state index contributed by atoms with van der Waals surface area (Å²) in [5.74, 6) is 0.265. The molecule has 6 heteroatoms. The van der Waals surface area contributed by atoms with Gasteiger partial charge < -0.3 is 15.1 Å². The van der Waals surface area contributed by atoms with Gasteiger partial charge in [0.05, 0.1) is 0 Å². The van der Waals surface area contributed by atoms with E-state index in [1.165, 1.54) is 4.90 Å². The fourth-order valence-electron chi connectivity index (χ4n) is 2.05. The molecule has 0 aliphatic rings. The number of amides is 1. The maximum Gasteiger partial charge on any atom is 0.253 e. The molecule has 6 nitrogen and oxygen atoms in total. The van der Waals surface area contributed by atoms with E-state index in [1.54, 1.807) is 50.6 Å². The lowest BCUT2D eigenvalue weighted by Gasteiger charge is -2.11. The quantitative estimate of drug-likeness (QED) is 0.728. The van der Waals surface area contributed by atoms with E-state index >= 15 is 0 Å². The molecule has 1 amide bonds. The number of carbonyl (C=O) groups is 1. The van der Waals surface area contributed by atoms with Crippen LogP contribution in [0, 0.1) is 0 Å². The summed E-state index contributed by atoms with van der Waals surface area (Å²) in [5, 5.41) is 0. The summed E-state index contributed by atoms with van der Waals surface area (Å²) in [6, 6.07) is 8.63. The maximum atomic E-state index is 12.1. The summed E-state index contributed by atoms with van der Waals surface area (Å²) in [6.45, 7) is 0. The van der Waals surface area contributed by atoms with Crippen LogP contribution in [0.4, 0.5) is 5.69 Å². The molecule has 21 heavy (non-hydrogen) atoms. The van der Waals surface area contributed by atoms with Crippen LogP contribution in [-0.4, -0.2) is 34.9 Å². The zero-order valence-corrected chi connectivity index (χ0v) is 11.7. The average Bonchev–Trinajstić information content (AvgIpc) is 2.89. The van der Waals surface area contributed by atoms with Crippen LogP contribution in [0.2, 0.25) is 0 Å². The van der Waals surface area contributed by atoms with Crippen LogP contribution in [0.1, 0.15) is 10.4 Å². The first kappa shape index (κ1) is 13.1. The van der Waals surface area contributed by atoms with E-state index in [0.717, 1.165) is 0 Å². The Kier molecular flexibility index (Phi) is 3.06. The molecule has 106 valence electrons. The van der Waals surface area contributed by atoms with Gasteiger partial charge in [0.2, 0.25) is 5.89 Å². The summed E-state index contributed by atoms with van der Waals surface area (Å²) < 4.78 is 5.65. The maximum absolute atomic E-state index is 12.1. The SMILES string of the molecule is CN(C)C(=O)c1cc(N)cc(-c2nc3ncccc3o2)c1. The lowest BCUT2D eigenvalue weighted by atomic mass is 10.1. The molecular weight excluding hydrogens is 268 g/mol. The molecule has 0 saturated carbocycles. The molecule has 0 bridgehead atoms. The van der Waals surface area contributed by atoms with E-state index in [2.05, 4.69) is 9.97 Å². The molecule has 1 aromatic carbocycles. The number of oxazole rings is 1. The van der Waals surface area contributed by atoms with Gasteiger partial charge in [0.25, 0.3) is 5.91 Å². The van der Waals surface area contributed by atoms with Crippen LogP contribution in [0.15, 0.2) is 40.9 Å². The molecule has 0 saturated heterocycles. The molecule has 3 rings (SSSR count). The molecule has 0 spiro atoms. The lowest BCUT2D eigenvalue weighted by molar-refractivity contribution is 0.0827. The predicted molar refractivity (Wildman–Crippen MR) is 79.7 cm³/mol. The zero-order chi connectivity index (χ0) is 15.0. The van der Waals surface area contributed by atoms with Crippen LogP contribution in [0.5, 0.6) is 0 Å². The third-order valence-corrected chi connectivity index (χ3v) is 3.02. The van der Waals surface area contributed by atoms with Crippen LogP contribution >= 0.6 is 0 Å². The molecule has 0 aliphatic heterocycles. The van der Waals surface area contributed by atoms with Crippen molar-refractivity contribution in [3.63, 3.8) is 0 Å². The van der Waals surface area contributed by atoms with E-state index in [1.807, 2.05) is 0 Å². The molecule has 2 aromatic heterocycles. The van der Waals surface area contributed by atoms with E-state index in [0.29, 0.717) is 33.9 Å². The Hall–Kier alpha value is -2.89. The van der Waals surface area contributed by atoms with Gasteiger partial charge >= 0.3 is 0 Å². The van der Waals surface area contributed by atoms with E-state index in [-0.39, 0.29) is 5.91 Å². The number of aromatic nitrogens is 2. The first-order valence-corrected chi connectivity index (χ1v) is 6.39. The molecule has 0 fully saturated rings. The minimum Gasteiger partial charge on any atom is -0.434 e. The number of carbonyl (C=O) groups excluding carboxylic acids is 1. The standard InChI is InChI=1S/C15H14N4O2/c1-19(2)15(20)10-6-9(7-11(16)8-10)14-18-13-12(21-14)4-3-5-17-13/h3-8H,16H2,1-2H3.